The molecule has 2 N–H and O–H groups in total. The number of carbonyl (C=O) groups is 1. The van der Waals surface area contributed by atoms with Crippen molar-refractivity contribution in [2.75, 3.05) is 32.8 Å². The van der Waals surface area contributed by atoms with Gasteiger partial charge in [-0.05, 0) is 25.7 Å². The van der Waals surface area contributed by atoms with Crippen molar-refractivity contribution in [2.24, 2.45) is 17.1 Å². The zero-order valence-corrected chi connectivity index (χ0v) is 16.3. The lowest BCUT2D eigenvalue weighted by Gasteiger charge is -2.66. The van der Waals surface area contributed by atoms with Crippen LogP contribution in [0.2, 0.25) is 0 Å². The summed E-state index contributed by atoms with van der Waals surface area (Å²) in [5.41, 5.74) is 5.73. The van der Waals surface area contributed by atoms with E-state index in [1.54, 1.807) is 0 Å². The molecule has 4 fully saturated rings. The minimum atomic E-state index is -0.736. The largest absolute Gasteiger partial charge is 0.377 e. The molecule has 140 valence electrons. The molecule has 2 saturated heterocycles. The molecule has 2 aliphatic heterocycles. The summed E-state index contributed by atoms with van der Waals surface area (Å²) < 4.78 is 5.92. The third kappa shape index (κ3) is 2.77. The number of hydrogen-bond acceptors (Lipinski definition) is 4. The van der Waals surface area contributed by atoms with E-state index in [0.29, 0.717) is 0 Å². The van der Waals surface area contributed by atoms with Crippen LogP contribution in [0.5, 0.6) is 0 Å². The Bertz CT molecular complexity index is 478. The summed E-state index contributed by atoms with van der Waals surface area (Å²) in [4.78, 5) is 17.7. The predicted molar refractivity (Wildman–Crippen MR) is 98.8 cm³/mol. The van der Waals surface area contributed by atoms with Crippen LogP contribution in [0.25, 0.3) is 0 Å². The van der Waals surface area contributed by atoms with E-state index in [1.807, 2.05) is 4.90 Å². The van der Waals surface area contributed by atoms with Gasteiger partial charge in [-0.3, -0.25) is 9.69 Å². The van der Waals surface area contributed by atoms with Crippen LogP contribution in [0.4, 0.5) is 0 Å². The monoisotopic (exact) mass is 379 g/mol. The van der Waals surface area contributed by atoms with Gasteiger partial charge < -0.3 is 15.4 Å². The molecule has 5 nitrogen and oxygen atoms in total. The molecule has 2 saturated carbocycles. The van der Waals surface area contributed by atoms with Gasteiger partial charge in [0.2, 0.25) is 5.91 Å². The number of halogens is 2. The summed E-state index contributed by atoms with van der Waals surface area (Å²) in [5.74, 6) is 0.366. The molecule has 0 radical (unpaired) electrons. The average Bonchev–Trinajstić information content (AvgIpc) is 3.38. The fourth-order valence-electron chi connectivity index (χ4n) is 5.00. The van der Waals surface area contributed by atoms with Gasteiger partial charge in [0.05, 0.1) is 6.10 Å². The second-order valence-electron chi connectivity index (χ2n) is 8.19. The molecule has 3 atom stereocenters. The van der Waals surface area contributed by atoms with Gasteiger partial charge in [-0.2, -0.15) is 0 Å². The first-order chi connectivity index (χ1) is 10.5. The van der Waals surface area contributed by atoms with Gasteiger partial charge >= 0.3 is 0 Å². The van der Waals surface area contributed by atoms with Gasteiger partial charge in [0.15, 0.2) is 0 Å². The van der Waals surface area contributed by atoms with Crippen molar-refractivity contribution in [3.63, 3.8) is 0 Å². The maximum atomic E-state index is 13.2. The van der Waals surface area contributed by atoms with E-state index in [0.717, 1.165) is 51.7 Å². The lowest BCUT2D eigenvalue weighted by molar-refractivity contribution is -0.230. The minimum Gasteiger partial charge on any atom is -0.377 e. The maximum Gasteiger partial charge on any atom is 0.243 e. The van der Waals surface area contributed by atoms with E-state index in [2.05, 4.69) is 18.7 Å². The van der Waals surface area contributed by atoms with Crippen molar-refractivity contribution >= 4 is 30.7 Å². The number of nitrogens with two attached hydrogens (primary N) is 1. The van der Waals surface area contributed by atoms with Crippen molar-refractivity contribution in [3.8, 4) is 0 Å². The Morgan fingerprint density at radius 1 is 1.08 bits per heavy atom. The number of fused-ring (bicyclic) bond motifs is 1. The fourth-order valence-corrected chi connectivity index (χ4v) is 5.00. The zero-order valence-electron chi connectivity index (χ0n) is 14.7. The summed E-state index contributed by atoms with van der Waals surface area (Å²) in [6, 6.07) is 0.792. The van der Waals surface area contributed by atoms with E-state index in [9.17, 15) is 4.79 Å². The van der Waals surface area contributed by atoms with E-state index in [4.69, 9.17) is 10.5 Å². The van der Waals surface area contributed by atoms with Gasteiger partial charge in [-0.25, -0.2) is 0 Å². The first-order valence-electron chi connectivity index (χ1n) is 8.90. The van der Waals surface area contributed by atoms with Crippen LogP contribution in [-0.4, -0.2) is 66.2 Å². The molecule has 24 heavy (non-hydrogen) atoms. The van der Waals surface area contributed by atoms with Crippen LogP contribution < -0.4 is 5.73 Å². The Kier molecular flexibility index (Phi) is 5.83. The molecule has 0 aromatic heterocycles. The molecule has 2 aliphatic carbocycles. The van der Waals surface area contributed by atoms with Crippen LogP contribution >= 0.6 is 24.8 Å². The zero-order chi connectivity index (χ0) is 15.5. The van der Waals surface area contributed by atoms with Crippen LogP contribution in [0, 0.1) is 11.3 Å². The molecule has 0 spiro atoms. The molecule has 2 heterocycles. The molecule has 4 aliphatic rings. The number of carbonyl (C=O) groups excluding carboxylic acids is 1. The first-order valence-corrected chi connectivity index (χ1v) is 8.90. The number of ether oxygens (including phenoxy) is 1. The molecule has 0 bridgehead atoms. The summed E-state index contributed by atoms with van der Waals surface area (Å²) in [6.45, 7) is 8.73. The third-order valence-corrected chi connectivity index (χ3v) is 6.70. The highest BCUT2D eigenvalue weighted by Gasteiger charge is 2.70. The lowest BCUT2D eigenvalue weighted by Crippen LogP contribution is -2.82. The molecule has 3 unspecified atom stereocenters. The van der Waals surface area contributed by atoms with Gasteiger partial charge in [0.25, 0.3) is 0 Å². The van der Waals surface area contributed by atoms with Crippen molar-refractivity contribution in [1.82, 2.24) is 9.80 Å². The summed E-state index contributed by atoms with van der Waals surface area (Å²) in [6.07, 6.45) is 4.88. The molecule has 4 rings (SSSR count). The number of hydrogen-bond donors (Lipinski definition) is 1. The van der Waals surface area contributed by atoms with Crippen molar-refractivity contribution in [3.05, 3.63) is 0 Å². The summed E-state index contributed by atoms with van der Waals surface area (Å²) >= 11 is 0. The van der Waals surface area contributed by atoms with Crippen molar-refractivity contribution in [1.29, 1.82) is 0 Å². The summed E-state index contributed by atoms with van der Waals surface area (Å²) in [5, 5.41) is 0. The highest BCUT2D eigenvalue weighted by atomic mass is 35.5. The highest BCUT2D eigenvalue weighted by Crippen LogP contribution is 2.58. The van der Waals surface area contributed by atoms with Crippen molar-refractivity contribution in [2.45, 2.75) is 57.2 Å². The van der Waals surface area contributed by atoms with Crippen LogP contribution in [0.15, 0.2) is 0 Å². The Morgan fingerprint density at radius 2 is 1.71 bits per heavy atom. The molecular formula is C17H31Cl2N3O2. The van der Waals surface area contributed by atoms with Crippen LogP contribution in [0.1, 0.15) is 39.5 Å². The fraction of sp³-hybridized carbons (Fsp3) is 0.941. The van der Waals surface area contributed by atoms with E-state index in [-0.39, 0.29) is 48.2 Å². The SMILES string of the molecule is CC1(C)C2OCCCC2C1(N)C(=O)N1CCN(C2CC2)CC1.Cl.Cl. The number of nitrogens with zero attached hydrogens (tertiary/aromatic N) is 2. The number of rotatable bonds is 2. The quantitative estimate of drug-likeness (QED) is 0.792. The Balaban J connectivity index is 0.00000104. The Labute approximate surface area is 157 Å². The second-order valence-corrected chi connectivity index (χ2v) is 8.19. The van der Waals surface area contributed by atoms with Gasteiger partial charge in [0, 0.05) is 50.2 Å². The van der Waals surface area contributed by atoms with Gasteiger partial charge in [-0.15, -0.1) is 24.8 Å². The Morgan fingerprint density at radius 3 is 2.29 bits per heavy atom. The smallest absolute Gasteiger partial charge is 0.243 e. The molecule has 7 heteroatoms. The van der Waals surface area contributed by atoms with Gasteiger partial charge in [0.1, 0.15) is 5.54 Å². The number of piperazine rings is 1. The standard InChI is InChI=1S/C17H29N3O2.2ClH/c1-16(2)14-13(4-3-11-22-14)17(16,18)15(21)20-9-7-19(8-10-20)12-5-6-12;;/h12-14H,3-11,18H2,1-2H3;2*1H. The molecule has 1 amide bonds. The molecule has 0 aromatic carbocycles. The van der Waals surface area contributed by atoms with E-state index >= 15 is 0 Å². The molecule has 0 aromatic rings. The number of amides is 1. The van der Waals surface area contributed by atoms with Gasteiger partial charge in [-0.1, -0.05) is 13.8 Å². The minimum absolute atomic E-state index is 0. The van der Waals surface area contributed by atoms with Crippen LogP contribution in [-0.2, 0) is 9.53 Å². The maximum absolute atomic E-state index is 13.2. The topological polar surface area (TPSA) is 58.8 Å². The summed E-state index contributed by atoms with van der Waals surface area (Å²) in [7, 11) is 0. The van der Waals surface area contributed by atoms with E-state index < -0.39 is 5.54 Å². The third-order valence-electron chi connectivity index (χ3n) is 6.70. The Hall–Kier alpha value is -0.0700. The first kappa shape index (κ1) is 20.2. The predicted octanol–water partition coefficient (Wildman–Crippen LogP) is 1.67. The average molecular weight is 380 g/mol. The van der Waals surface area contributed by atoms with Crippen molar-refractivity contribution < 1.29 is 9.53 Å². The molecular weight excluding hydrogens is 349 g/mol. The van der Waals surface area contributed by atoms with Crippen LogP contribution in [0.3, 0.4) is 0 Å². The highest BCUT2D eigenvalue weighted by molar-refractivity contribution is 5.89. The normalized spacial score (nSPS) is 38.2. The second kappa shape index (κ2) is 6.92. The van der Waals surface area contributed by atoms with E-state index in [1.165, 1.54) is 12.8 Å². The lowest BCUT2D eigenvalue weighted by atomic mass is 9.46.